The summed E-state index contributed by atoms with van der Waals surface area (Å²) >= 11 is 0. The van der Waals surface area contributed by atoms with Crippen LogP contribution in [0.2, 0.25) is 0 Å². The second-order valence-corrected chi connectivity index (χ2v) is 7.29. The Labute approximate surface area is 165 Å². The summed E-state index contributed by atoms with van der Waals surface area (Å²) in [5.41, 5.74) is 3.97. The normalized spacial score (nSPS) is 16.6. The van der Waals surface area contributed by atoms with Crippen LogP contribution in [0.4, 0.5) is 11.5 Å². The van der Waals surface area contributed by atoms with E-state index in [4.69, 9.17) is 0 Å². The summed E-state index contributed by atoms with van der Waals surface area (Å²) < 4.78 is 0. The average molecular weight is 372 g/mol. The maximum atomic E-state index is 12.6. The highest BCUT2D eigenvalue weighted by atomic mass is 16.1. The molecule has 0 bridgehead atoms. The molecule has 3 aromatic rings. The van der Waals surface area contributed by atoms with Crippen molar-refractivity contribution in [1.29, 1.82) is 0 Å². The maximum absolute atomic E-state index is 12.6. The molecule has 0 unspecified atom stereocenters. The Bertz CT molecular complexity index is 940. The first-order chi connectivity index (χ1) is 13.7. The molecule has 4 rings (SSSR count). The molecule has 1 fully saturated rings. The molecular weight excluding hydrogens is 348 g/mol. The van der Waals surface area contributed by atoms with E-state index in [1.165, 1.54) is 5.56 Å². The van der Waals surface area contributed by atoms with Crippen LogP contribution in [0, 0.1) is 12.8 Å². The molecule has 2 heterocycles. The molecule has 0 radical (unpaired) electrons. The Morgan fingerprint density at radius 2 is 1.89 bits per heavy atom. The van der Waals surface area contributed by atoms with Gasteiger partial charge in [0.15, 0.2) is 5.82 Å². The number of benzene rings is 2. The molecule has 1 aliphatic rings. The van der Waals surface area contributed by atoms with Crippen LogP contribution < -0.4 is 10.2 Å². The molecule has 1 aliphatic heterocycles. The summed E-state index contributed by atoms with van der Waals surface area (Å²) in [5.74, 6) is 0.848. The predicted molar refractivity (Wildman–Crippen MR) is 112 cm³/mol. The lowest BCUT2D eigenvalue weighted by atomic mass is 9.97. The molecule has 1 amide bonds. The molecule has 1 atom stereocenters. The van der Waals surface area contributed by atoms with Crippen molar-refractivity contribution in [3.63, 3.8) is 0 Å². The highest BCUT2D eigenvalue weighted by molar-refractivity contribution is 5.93. The minimum Gasteiger partial charge on any atom is -0.354 e. The average Bonchev–Trinajstić information content (AvgIpc) is 2.75. The first-order valence-electron chi connectivity index (χ1n) is 9.71. The third-order valence-corrected chi connectivity index (χ3v) is 5.12. The molecule has 5 nitrogen and oxygen atoms in total. The molecule has 2 aromatic carbocycles. The zero-order chi connectivity index (χ0) is 19.3. The summed E-state index contributed by atoms with van der Waals surface area (Å²) in [4.78, 5) is 14.8. The van der Waals surface area contributed by atoms with Gasteiger partial charge in [-0.1, -0.05) is 42.0 Å². The van der Waals surface area contributed by atoms with E-state index in [-0.39, 0.29) is 11.8 Å². The number of carbonyl (C=O) groups excluding carboxylic acids is 1. The van der Waals surface area contributed by atoms with Crippen molar-refractivity contribution in [3.05, 3.63) is 72.3 Å². The minimum atomic E-state index is -0.0489. The number of anilines is 2. The second-order valence-electron chi connectivity index (χ2n) is 7.29. The molecule has 5 heteroatoms. The summed E-state index contributed by atoms with van der Waals surface area (Å²) in [5, 5.41) is 11.9. The summed E-state index contributed by atoms with van der Waals surface area (Å²) in [6.07, 6.45) is 1.86. The van der Waals surface area contributed by atoms with Crippen molar-refractivity contribution in [1.82, 2.24) is 10.2 Å². The predicted octanol–water partition coefficient (Wildman–Crippen LogP) is 4.31. The SMILES string of the molecule is Cc1cccc(-c2ccc(N3CCC[C@@H](C(=O)Nc4ccccc4)C3)nn2)c1. The molecule has 0 saturated carbocycles. The van der Waals surface area contributed by atoms with Crippen LogP contribution in [0.25, 0.3) is 11.3 Å². The fourth-order valence-electron chi connectivity index (χ4n) is 3.62. The van der Waals surface area contributed by atoms with Crippen LogP contribution in [0.15, 0.2) is 66.7 Å². The Morgan fingerprint density at radius 1 is 1.04 bits per heavy atom. The zero-order valence-electron chi connectivity index (χ0n) is 16.0. The Balaban J connectivity index is 1.43. The van der Waals surface area contributed by atoms with Crippen LogP contribution in [0.3, 0.4) is 0 Å². The van der Waals surface area contributed by atoms with Gasteiger partial charge in [0, 0.05) is 24.3 Å². The number of carbonyl (C=O) groups is 1. The minimum absolute atomic E-state index is 0.0489. The molecule has 0 spiro atoms. The van der Waals surface area contributed by atoms with Gasteiger partial charge in [-0.15, -0.1) is 10.2 Å². The van der Waals surface area contributed by atoms with Gasteiger partial charge in [-0.2, -0.15) is 0 Å². The number of amides is 1. The van der Waals surface area contributed by atoms with Gasteiger partial charge in [0.2, 0.25) is 5.91 Å². The van der Waals surface area contributed by atoms with E-state index in [0.717, 1.165) is 42.1 Å². The summed E-state index contributed by atoms with van der Waals surface area (Å²) in [7, 11) is 0. The fourth-order valence-corrected chi connectivity index (χ4v) is 3.62. The lowest BCUT2D eigenvalue weighted by Gasteiger charge is -2.32. The highest BCUT2D eigenvalue weighted by Crippen LogP contribution is 2.24. The van der Waals surface area contributed by atoms with Gasteiger partial charge in [0.05, 0.1) is 11.6 Å². The molecule has 142 valence electrons. The van der Waals surface area contributed by atoms with Crippen LogP contribution in [0.1, 0.15) is 18.4 Å². The number of hydrogen-bond donors (Lipinski definition) is 1. The van der Waals surface area contributed by atoms with Crippen molar-refractivity contribution in [2.75, 3.05) is 23.3 Å². The van der Waals surface area contributed by atoms with Gasteiger partial charge in [0.25, 0.3) is 0 Å². The van der Waals surface area contributed by atoms with Crippen molar-refractivity contribution in [3.8, 4) is 11.3 Å². The van der Waals surface area contributed by atoms with Gasteiger partial charge < -0.3 is 10.2 Å². The zero-order valence-corrected chi connectivity index (χ0v) is 16.0. The topological polar surface area (TPSA) is 58.1 Å². The first-order valence-corrected chi connectivity index (χ1v) is 9.71. The third kappa shape index (κ3) is 4.19. The molecular formula is C23H24N4O. The van der Waals surface area contributed by atoms with Gasteiger partial charge in [-0.3, -0.25) is 4.79 Å². The number of para-hydroxylation sites is 1. The maximum Gasteiger partial charge on any atom is 0.229 e. The molecule has 1 N–H and O–H groups in total. The lowest BCUT2D eigenvalue weighted by Crippen LogP contribution is -2.41. The van der Waals surface area contributed by atoms with E-state index in [1.54, 1.807) is 0 Å². The van der Waals surface area contributed by atoms with E-state index in [2.05, 4.69) is 39.5 Å². The van der Waals surface area contributed by atoms with E-state index in [0.29, 0.717) is 6.54 Å². The number of hydrogen-bond acceptors (Lipinski definition) is 4. The van der Waals surface area contributed by atoms with Crippen LogP contribution in [-0.4, -0.2) is 29.2 Å². The fraction of sp³-hybridized carbons (Fsp3) is 0.261. The summed E-state index contributed by atoms with van der Waals surface area (Å²) in [6, 6.07) is 21.9. The Hall–Kier alpha value is -3.21. The van der Waals surface area contributed by atoms with Crippen molar-refractivity contribution in [2.45, 2.75) is 19.8 Å². The summed E-state index contributed by atoms with van der Waals surface area (Å²) in [6.45, 7) is 3.63. The Kier molecular flexibility index (Phi) is 5.33. The van der Waals surface area contributed by atoms with Crippen LogP contribution >= 0.6 is 0 Å². The number of aromatic nitrogens is 2. The van der Waals surface area contributed by atoms with E-state index in [1.807, 2.05) is 54.6 Å². The smallest absolute Gasteiger partial charge is 0.229 e. The van der Waals surface area contributed by atoms with Gasteiger partial charge in [-0.25, -0.2) is 0 Å². The quantitative estimate of drug-likeness (QED) is 0.741. The first kappa shape index (κ1) is 18.2. The van der Waals surface area contributed by atoms with Crippen LogP contribution in [0.5, 0.6) is 0 Å². The monoisotopic (exact) mass is 372 g/mol. The number of nitrogens with one attached hydrogen (secondary N) is 1. The molecule has 28 heavy (non-hydrogen) atoms. The van der Waals surface area contributed by atoms with E-state index >= 15 is 0 Å². The molecule has 1 saturated heterocycles. The third-order valence-electron chi connectivity index (χ3n) is 5.12. The standard InChI is InChI=1S/C23H24N4O/c1-17-7-5-8-18(15-17)21-12-13-22(26-25-21)27-14-6-9-19(16-27)23(28)24-20-10-3-2-4-11-20/h2-5,7-8,10-13,15,19H,6,9,14,16H2,1H3,(H,24,28)/t19-/m1/s1. The molecule has 1 aromatic heterocycles. The van der Waals surface area contributed by atoms with Gasteiger partial charge in [0.1, 0.15) is 0 Å². The van der Waals surface area contributed by atoms with Gasteiger partial charge in [-0.05, 0) is 50.1 Å². The van der Waals surface area contributed by atoms with E-state index < -0.39 is 0 Å². The second kappa shape index (κ2) is 8.21. The number of aryl methyl sites for hydroxylation is 1. The van der Waals surface area contributed by atoms with Crippen molar-refractivity contribution < 1.29 is 4.79 Å². The molecule has 0 aliphatic carbocycles. The number of rotatable bonds is 4. The van der Waals surface area contributed by atoms with Crippen LogP contribution in [-0.2, 0) is 4.79 Å². The Morgan fingerprint density at radius 3 is 2.64 bits per heavy atom. The lowest BCUT2D eigenvalue weighted by molar-refractivity contribution is -0.120. The number of nitrogens with zero attached hydrogens (tertiary/aromatic N) is 3. The largest absolute Gasteiger partial charge is 0.354 e. The van der Waals surface area contributed by atoms with E-state index in [9.17, 15) is 4.79 Å². The van der Waals surface area contributed by atoms with Gasteiger partial charge >= 0.3 is 0 Å². The number of piperidine rings is 1. The highest BCUT2D eigenvalue weighted by Gasteiger charge is 2.26. The van der Waals surface area contributed by atoms with Crippen molar-refractivity contribution >= 4 is 17.4 Å². The van der Waals surface area contributed by atoms with Crippen molar-refractivity contribution in [2.24, 2.45) is 5.92 Å².